The Morgan fingerprint density at radius 3 is 2.54 bits per heavy atom. The topological polar surface area (TPSA) is 69.4 Å². The van der Waals surface area contributed by atoms with Crippen LogP contribution in [-0.2, 0) is 12.8 Å². The molecule has 2 aromatic rings. The molecule has 0 amide bonds. The summed E-state index contributed by atoms with van der Waals surface area (Å²) in [5.41, 5.74) is 1.71. The van der Waals surface area contributed by atoms with Crippen LogP contribution in [0.4, 0.5) is 10.1 Å². The van der Waals surface area contributed by atoms with Crippen molar-refractivity contribution in [3.63, 3.8) is 0 Å². The largest absolute Gasteiger partial charge is 0.414 e. The molecule has 3 rings (SSSR count). The summed E-state index contributed by atoms with van der Waals surface area (Å²) in [6.07, 6.45) is 3.50. The van der Waals surface area contributed by atoms with E-state index in [4.69, 9.17) is 4.74 Å². The number of carbonyl (C=O) groups excluding carboxylic acids is 1. The smallest absolute Gasteiger partial charge is 0.343 e. The first-order valence-electron chi connectivity index (χ1n) is 7.43. The number of esters is 1. The van der Waals surface area contributed by atoms with E-state index in [1.165, 1.54) is 18.2 Å². The predicted octanol–water partition coefficient (Wildman–Crippen LogP) is 4.59. The summed E-state index contributed by atoms with van der Waals surface area (Å²) in [4.78, 5) is 23.0. The predicted molar refractivity (Wildman–Crippen MR) is 88.8 cm³/mol. The van der Waals surface area contributed by atoms with Crippen molar-refractivity contribution in [1.29, 1.82) is 0 Å². The normalized spacial score (nSPS) is 13.2. The molecule has 0 atom stereocenters. The van der Waals surface area contributed by atoms with Gasteiger partial charge in [-0.25, -0.2) is 9.18 Å². The number of nitrogens with zero attached hydrogens (tertiary/aromatic N) is 1. The number of carbonyl (C=O) groups is 1. The molecule has 0 heterocycles. The van der Waals surface area contributed by atoms with E-state index in [1.54, 1.807) is 0 Å². The second-order valence-corrected chi connectivity index (χ2v) is 6.33. The molecule has 0 aliphatic heterocycles. The van der Waals surface area contributed by atoms with Crippen LogP contribution in [0.25, 0.3) is 0 Å². The van der Waals surface area contributed by atoms with Crippen LogP contribution in [0, 0.1) is 15.9 Å². The third-order valence-corrected chi connectivity index (χ3v) is 4.83. The van der Waals surface area contributed by atoms with Crippen LogP contribution in [0.3, 0.4) is 0 Å². The average molecular weight is 394 g/mol. The summed E-state index contributed by atoms with van der Waals surface area (Å²) in [6, 6.07) is 6.29. The second kappa shape index (κ2) is 6.68. The molecule has 5 nitrogen and oxygen atoms in total. The Hall–Kier alpha value is -2.28. The van der Waals surface area contributed by atoms with Crippen molar-refractivity contribution in [1.82, 2.24) is 0 Å². The zero-order valence-electron chi connectivity index (χ0n) is 12.6. The Morgan fingerprint density at radius 2 is 1.88 bits per heavy atom. The fraction of sp³-hybridized carbons (Fsp3) is 0.235. The summed E-state index contributed by atoms with van der Waals surface area (Å²) < 4.78 is 18.7. The lowest BCUT2D eigenvalue weighted by Gasteiger charge is -2.19. The summed E-state index contributed by atoms with van der Waals surface area (Å²) in [5, 5.41) is 11.4. The molecule has 0 saturated carbocycles. The summed E-state index contributed by atoms with van der Waals surface area (Å²) in [7, 11) is 0. The molecule has 0 aromatic heterocycles. The minimum atomic E-state index is -0.769. The molecule has 24 heavy (non-hydrogen) atoms. The molecule has 0 bridgehead atoms. The van der Waals surface area contributed by atoms with E-state index in [2.05, 4.69) is 15.9 Å². The minimum absolute atomic E-state index is 0.102. The molecule has 0 radical (unpaired) electrons. The first-order valence-corrected chi connectivity index (χ1v) is 8.23. The van der Waals surface area contributed by atoms with Gasteiger partial charge in [-0.05, 0) is 77.0 Å². The molecular weight excluding hydrogens is 381 g/mol. The van der Waals surface area contributed by atoms with E-state index in [1.807, 2.05) is 0 Å². The van der Waals surface area contributed by atoms with Crippen LogP contribution in [-0.4, -0.2) is 10.9 Å². The van der Waals surface area contributed by atoms with Crippen molar-refractivity contribution < 1.29 is 18.8 Å². The standard InChI is InChI=1S/C17H13BrFNO4/c18-15-13-4-2-1-3-11(13)9-14(20(22)23)16(15)24-17(21)10-5-7-12(19)8-6-10/h5-9H,1-4H2. The number of aryl methyl sites for hydroxylation is 1. The van der Waals surface area contributed by atoms with E-state index in [0.29, 0.717) is 4.47 Å². The van der Waals surface area contributed by atoms with Crippen LogP contribution >= 0.6 is 15.9 Å². The molecule has 0 unspecified atom stereocenters. The highest BCUT2D eigenvalue weighted by molar-refractivity contribution is 9.10. The maximum absolute atomic E-state index is 13.0. The van der Waals surface area contributed by atoms with Gasteiger partial charge in [0, 0.05) is 6.07 Å². The zero-order chi connectivity index (χ0) is 17.3. The van der Waals surface area contributed by atoms with E-state index in [-0.39, 0.29) is 17.0 Å². The highest BCUT2D eigenvalue weighted by atomic mass is 79.9. The SMILES string of the molecule is O=C(Oc1c([N+](=O)[O-])cc2c(c1Br)CCCC2)c1ccc(F)cc1. The van der Waals surface area contributed by atoms with Gasteiger partial charge in [-0.15, -0.1) is 0 Å². The van der Waals surface area contributed by atoms with E-state index in [9.17, 15) is 19.3 Å². The lowest BCUT2D eigenvalue weighted by molar-refractivity contribution is -0.385. The first-order chi connectivity index (χ1) is 11.5. The van der Waals surface area contributed by atoms with Crippen LogP contribution in [0.15, 0.2) is 34.8 Å². The third kappa shape index (κ3) is 3.17. The van der Waals surface area contributed by atoms with Crippen molar-refractivity contribution in [3.8, 4) is 5.75 Å². The van der Waals surface area contributed by atoms with Crippen molar-refractivity contribution in [2.45, 2.75) is 25.7 Å². The maximum Gasteiger partial charge on any atom is 0.343 e. The van der Waals surface area contributed by atoms with Gasteiger partial charge in [-0.1, -0.05) is 0 Å². The molecule has 0 saturated heterocycles. The molecule has 1 aliphatic rings. The number of hydrogen-bond donors (Lipinski definition) is 0. The number of fused-ring (bicyclic) bond motifs is 1. The molecular formula is C17H13BrFNO4. The summed E-state index contributed by atoms with van der Waals surface area (Å²) in [5.74, 6) is -1.35. The van der Waals surface area contributed by atoms with Gasteiger partial charge in [-0.2, -0.15) is 0 Å². The number of hydrogen-bond acceptors (Lipinski definition) is 4. The van der Waals surface area contributed by atoms with E-state index < -0.39 is 16.7 Å². The van der Waals surface area contributed by atoms with Gasteiger partial charge in [0.1, 0.15) is 5.82 Å². The van der Waals surface area contributed by atoms with Crippen LogP contribution in [0.5, 0.6) is 5.75 Å². The second-order valence-electron chi connectivity index (χ2n) is 5.54. The van der Waals surface area contributed by atoms with Gasteiger partial charge in [-0.3, -0.25) is 10.1 Å². The minimum Gasteiger partial charge on any atom is -0.414 e. The van der Waals surface area contributed by atoms with Crippen molar-refractivity contribution in [2.24, 2.45) is 0 Å². The van der Waals surface area contributed by atoms with Crippen molar-refractivity contribution in [2.75, 3.05) is 0 Å². The van der Waals surface area contributed by atoms with Crippen LogP contribution in [0.1, 0.15) is 34.3 Å². The Bertz CT molecular complexity index is 820. The number of rotatable bonds is 3. The van der Waals surface area contributed by atoms with Gasteiger partial charge in [0.2, 0.25) is 5.75 Å². The number of ether oxygens (including phenoxy) is 1. The Balaban J connectivity index is 2.01. The zero-order valence-corrected chi connectivity index (χ0v) is 14.1. The highest BCUT2D eigenvalue weighted by Gasteiger charge is 2.28. The lowest BCUT2D eigenvalue weighted by Crippen LogP contribution is -2.13. The monoisotopic (exact) mass is 393 g/mol. The van der Waals surface area contributed by atoms with Crippen molar-refractivity contribution in [3.05, 3.63) is 67.4 Å². The Morgan fingerprint density at radius 1 is 1.21 bits per heavy atom. The average Bonchev–Trinajstić information content (AvgIpc) is 2.57. The highest BCUT2D eigenvalue weighted by Crippen LogP contribution is 2.42. The molecule has 7 heteroatoms. The maximum atomic E-state index is 13.0. The van der Waals surface area contributed by atoms with E-state index in [0.717, 1.165) is 48.9 Å². The molecule has 0 fully saturated rings. The number of nitro benzene ring substituents is 1. The Kier molecular flexibility index (Phi) is 4.62. The molecule has 1 aliphatic carbocycles. The van der Waals surface area contributed by atoms with Crippen molar-refractivity contribution >= 4 is 27.6 Å². The van der Waals surface area contributed by atoms with Crippen LogP contribution < -0.4 is 4.74 Å². The number of benzene rings is 2. The summed E-state index contributed by atoms with van der Waals surface area (Å²) in [6.45, 7) is 0. The fourth-order valence-electron chi connectivity index (χ4n) is 2.79. The summed E-state index contributed by atoms with van der Waals surface area (Å²) >= 11 is 3.36. The quantitative estimate of drug-likeness (QED) is 0.330. The Labute approximate surface area is 145 Å². The first kappa shape index (κ1) is 16.6. The van der Waals surface area contributed by atoms with Crippen LogP contribution in [0.2, 0.25) is 0 Å². The van der Waals surface area contributed by atoms with Gasteiger partial charge in [0.15, 0.2) is 0 Å². The van der Waals surface area contributed by atoms with Gasteiger partial charge >= 0.3 is 11.7 Å². The molecule has 124 valence electrons. The molecule has 0 spiro atoms. The molecule has 0 N–H and O–H groups in total. The lowest BCUT2D eigenvalue weighted by atomic mass is 9.91. The number of nitro groups is 1. The fourth-order valence-corrected chi connectivity index (χ4v) is 3.53. The number of halogens is 2. The third-order valence-electron chi connectivity index (χ3n) is 3.99. The van der Waals surface area contributed by atoms with Gasteiger partial charge in [0.25, 0.3) is 0 Å². The molecule has 2 aromatic carbocycles. The van der Waals surface area contributed by atoms with Gasteiger partial charge < -0.3 is 4.74 Å². The van der Waals surface area contributed by atoms with E-state index >= 15 is 0 Å². The van der Waals surface area contributed by atoms with Gasteiger partial charge in [0.05, 0.1) is 15.0 Å².